The van der Waals surface area contributed by atoms with Crippen molar-refractivity contribution in [3.63, 3.8) is 0 Å². The van der Waals surface area contributed by atoms with Crippen molar-refractivity contribution >= 4 is 29.3 Å². The van der Waals surface area contributed by atoms with Crippen LogP contribution in [0.2, 0.25) is 0 Å². The summed E-state index contributed by atoms with van der Waals surface area (Å²) in [7, 11) is 0. The second-order valence-corrected chi connectivity index (χ2v) is 6.91. The van der Waals surface area contributed by atoms with Crippen LogP contribution in [0.3, 0.4) is 0 Å². The van der Waals surface area contributed by atoms with Gasteiger partial charge in [-0.1, -0.05) is 13.8 Å². The molecular formula is C12H18N2OS2. The number of nitrogens with zero attached hydrogens (tertiary/aromatic N) is 2. The Kier molecular flexibility index (Phi) is 4.56. The summed E-state index contributed by atoms with van der Waals surface area (Å²) < 4.78 is 1.98. The number of thioether (sulfide) groups is 2. The van der Waals surface area contributed by atoms with E-state index in [1.165, 1.54) is 0 Å². The van der Waals surface area contributed by atoms with Crippen molar-refractivity contribution in [1.29, 1.82) is 0 Å². The number of rotatable bonds is 4. The zero-order valence-electron chi connectivity index (χ0n) is 10.3. The van der Waals surface area contributed by atoms with Crippen LogP contribution in [0.5, 0.6) is 0 Å². The third-order valence-corrected chi connectivity index (χ3v) is 5.94. The van der Waals surface area contributed by atoms with Crippen molar-refractivity contribution in [3.05, 3.63) is 18.2 Å². The van der Waals surface area contributed by atoms with Crippen LogP contribution in [0.15, 0.2) is 12.4 Å². The molecule has 0 saturated carbocycles. The van der Waals surface area contributed by atoms with Crippen molar-refractivity contribution < 1.29 is 4.79 Å². The van der Waals surface area contributed by atoms with E-state index < -0.39 is 0 Å². The molecule has 1 aromatic heterocycles. The highest BCUT2D eigenvalue weighted by Gasteiger charge is 2.31. The molecule has 0 amide bonds. The summed E-state index contributed by atoms with van der Waals surface area (Å²) in [6.45, 7) is 5.13. The van der Waals surface area contributed by atoms with Gasteiger partial charge in [0.2, 0.25) is 5.78 Å². The van der Waals surface area contributed by atoms with Gasteiger partial charge in [0, 0.05) is 35.7 Å². The van der Waals surface area contributed by atoms with Gasteiger partial charge in [0.05, 0.1) is 5.25 Å². The summed E-state index contributed by atoms with van der Waals surface area (Å²) in [5.41, 5.74) is 0. The van der Waals surface area contributed by atoms with Crippen LogP contribution in [-0.2, 0) is 6.54 Å². The number of aromatic nitrogens is 2. The van der Waals surface area contributed by atoms with Crippen LogP contribution < -0.4 is 0 Å². The fraction of sp³-hybridized carbons (Fsp3) is 0.667. The Hall–Kier alpha value is -0.420. The maximum atomic E-state index is 12.4. The minimum atomic E-state index is 0.0757. The molecule has 5 heteroatoms. The van der Waals surface area contributed by atoms with E-state index in [-0.39, 0.29) is 11.0 Å². The Balaban J connectivity index is 2.15. The van der Waals surface area contributed by atoms with Crippen LogP contribution in [0.25, 0.3) is 0 Å². The fourth-order valence-corrected chi connectivity index (χ4v) is 4.70. The van der Waals surface area contributed by atoms with E-state index in [4.69, 9.17) is 0 Å². The van der Waals surface area contributed by atoms with Gasteiger partial charge in [0.1, 0.15) is 0 Å². The van der Waals surface area contributed by atoms with Crippen LogP contribution in [0, 0.1) is 0 Å². The first kappa shape index (κ1) is 13.0. The first-order valence-corrected chi connectivity index (χ1v) is 8.12. The molecule has 0 spiro atoms. The van der Waals surface area contributed by atoms with Gasteiger partial charge in [-0.2, -0.15) is 11.8 Å². The molecule has 1 aromatic rings. The average molecular weight is 270 g/mol. The number of Topliss-reactive ketones (excluding diaryl/α,β-unsaturated/α-hetero) is 1. The van der Waals surface area contributed by atoms with Crippen LogP contribution >= 0.6 is 23.5 Å². The number of aryl methyl sites for hydroxylation is 1. The standard InChI is InChI=1S/C12H18N2OS2/c1-3-5-14-6-4-13-12(14)10(15)11-9(2)16-7-8-17-11/h4,6,9,11H,3,5,7-8H2,1-2H3. The lowest BCUT2D eigenvalue weighted by atomic mass is 10.2. The summed E-state index contributed by atoms with van der Waals surface area (Å²) in [5, 5.41) is 0.472. The number of carbonyl (C=O) groups is 1. The lowest BCUT2D eigenvalue weighted by Gasteiger charge is -2.26. The second-order valence-electron chi connectivity index (χ2n) is 4.18. The quantitative estimate of drug-likeness (QED) is 0.788. The van der Waals surface area contributed by atoms with Gasteiger partial charge in [-0.05, 0) is 6.42 Å². The highest BCUT2D eigenvalue weighted by atomic mass is 32.2. The largest absolute Gasteiger partial charge is 0.329 e. The number of ketones is 1. The third kappa shape index (κ3) is 2.88. The molecule has 2 rings (SSSR count). The molecule has 0 aromatic carbocycles. The number of hydrogen-bond acceptors (Lipinski definition) is 4. The molecule has 3 nitrogen and oxygen atoms in total. The average Bonchev–Trinajstić information content (AvgIpc) is 2.78. The smallest absolute Gasteiger partial charge is 0.212 e. The zero-order chi connectivity index (χ0) is 12.3. The van der Waals surface area contributed by atoms with E-state index in [1.54, 1.807) is 18.0 Å². The fourth-order valence-electron chi connectivity index (χ4n) is 2.00. The highest BCUT2D eigenvalue weighted by Crippen LogP contribution is 2.32. The van der Waals surface area contributed by atoms with Crippen molar-refractivity contribution in [3.8, 4) is 0 Å². The van der Waals surface area contributed by atoms with E-state index in [9.17, 15) is 4.79 Å². The van der Waals surface area contributed by atoms with Gasteiger partial charge < -0.3 is 4.57 Å². The van der Waals surface area contributed by atoms with E-state index >= 15 is 0 Å². The summed E-state index contributed by atoms with van der Waals surface area (Å²) in [4.78, 5) is 16.7. The minimum Gasteiger partial charge on any atom is -0.329 e. The summed E-state index contributed by atoms with van der Waals surface area (Å²) in [6, 6.07) is 0. The Bertz CT molecular complexity index is 392. The van der Waals surface area contributed by atoms with Gasteiger partial charge in [-0.15, -0.1) is 11.8 Å². The molecule has 94 valence electrons. The van der Waals surface area contributed by atoms with Crippen LogP contribution in [0.4, 0.5) is 0 Å². The Morgan fingerprint density at radius 1 is 1.53 bits per heavy atom. The number of imidazole rings is 1. The first-order chi connectivity index (χ1) is 8.24. The predicted octanol–water partition coefficient (Wildman–Crippen LogP) is 2.71. The molecule has 2 unspecified atom stereocenters. The summed E-state index contributed by atoms with van der Waals surface area (Å²) >= 11 is 3.67. The van der Waals surface area contributed by atoms with Crippen molar-refractivity contribution in [2.75, 3.05) is 11.5 Å². The van der Waals surface area contributed by atoms with Gasteiger partial charge >= 0.3 is 0 Å². The monoisotopic (exact) mass is 270 g/mol. The van der Waals surface area contributed by atoms with Gasteiger partial charge in [0.15, 0.2) is 5.82 Å². The maximum Gasteiger partial charge on any atom is 0.212 e. The first-order valence-electron chi connectivity index (χ1n) is 6.02. The third-order valence-electron chi connectivity index (χ3n) is 2.85. The van der Waals surface area contributed by atoms with Crippen molar-refractivity contribution in [2.45, 2.75) is 37.3 Å². The Labute approximate surface area is 111 Å². The van der Waals surface area contributed by atoms with Crippen LogP contribution in [-0.4, -0.2) is 37.3 Å². The lowest BCUT2D eigenvalue weighted by Crippen LogP contribution is -2.33. The van der Waals surface area contributed by atoms with Gasteiger partial charge in [-0.25, -0.2) is 4.98 Å². The van der Waals surface area contributed by atoms with E-state index in [0.717, 1.165) is 24.5 Å². The molecule has 0 radical (unpaired) electrons. The number of hydrogen-bond donors (Lipinski definition) is 0. The molecule has 2 heterocycles. The lowest BCUT2D eigenvalue weighted by molar-refractivity contribution is 0.0975. The van der Waals surface area contributed by atoms with E-state index in [0.29, 0.717) is 11.1 Å². The maximum absolute atomic E-state index is 12.4. The molecular weight excluding hydrogens is 252 g/mol. The molecule has 0 aliphatic carbocycles. The van der Waals surface area contributed by atoms with E-state index in [2.05, 4.69) is 18.8 Å². The van der Waals surface area contributed by atoms with Crippen molar-refractivity contribution in [2.24, 2.45) is 0 Å². The molecule has 0 bridgehead atoms. The highest BCUT2D eigenvalue weighted by molar-refractivity contribution is 8.07. The Morgan fingerprint density at radius 3 is 3.00 bits per heavy atom. The summed E-state index contributed by atoms with van der Waals surface area (Å²) in [6.07, 6.45) is 4.66. The molecule has 1 fully saturated rings. The number of carbonyl (C=O) groups excluding carboxylic acids is 1. The SMILES string of the molecule is CCCn1ccnc1C(=O)C1SCCSC1C. The van der Waals surface area contributed by atoms with Crippen LogP contribution in [0.1, 0.15) is 30.9 Å². The molecule has 17 heavy (non-hydrogen) atoms. The molecule has 1 aliphatic heterocycles. The normalized spacial score (nSPS) is 24.8. The van der Waals surface area contributed by atoms with Gasteiger partial charge in [0.25, 0.3) is 0 Å². The second kappa shape index (κ2) is 5.96. The molecule has 1 aliphatic rings. The topological polar surface area (TPSA) is 34.9 Å². The molecule has 0 N–H and O–H groups in total. The molecule has 1 saturated heterocycles. The van der Waals surface area contributed by atoms with Gasteiger partial charge in [-0.3, -0.25) is 4.79 Å². The predicted molar refractivity (Wildman–Crippen MR) is 75.0 cm³/mol. The minimum absolute atomic E-state index is 0.0757. The van der Waals surface area contributed by atoms with E-state index in [1.807, 2.05) is 22.5 Å². The summed E-state index contributed by atoms with van der Waals surface area (Å²) in [5.74, 6) is 3.06. The zero-order valence-corrected chi connectivity index (χ0v) is 11.9. The molecule has 2 atom stereocenters. The Morgan fingerprint density at radius 2 is 2.29 bits per heavy atom. The van der Waals surface area contributed by atoms with Crippen molar-refractivity contribution in [1.82, 2.24) is 9.55 Å².